The lowest BCUT2D eigenvalue weighted by molar-refractivity contribution is 0.370. The molecule has 0 radical (unpaired) electrons. The second-order valence-electron chi connectivity index (χ2n) is 3.43. The highest BCUT2D eigenvalue weighted by Gasteiger charge is 2.07. The Labute approximate surface area is 100.0 Å². The fourth-order valence-corrected chi connectivity index (χ4v) is 1.70. The molecule has 0 heterocycles. The van der Waals surface area contributed by atoms with E-state index in [1.807, 2.05) is 0 Å². The van der Waals surface area contributed by atoms with Gasteiger partial charge in [-0.2, -0.15) is 8.42 Å². The lowest BCUT2D eigenvalue weighted by atomic mass is 10.2. The van der Waals surface area contributed by atoms with Crippen LogP contribution in [0, 0.1) is 0 Å². The number of ether oxygens (including phenoxy) is 1. The van der Waals surface area contributed by atoms with E-state index in [4.69, 9.17) is 9.29 Å². The smallest absolute Gasteiger partial charge is 0.266 e. The minimum Gasteiger partial charge on any atom is -0.504 e. The summed E-state index contributed by atoms with van der Waals surface area (Å²) in [5.41, 5.74) is 0.597. The Balaban J connectivity index is 2.52. The number of hydrogen-bond donors (Lipinski definition) is 3. The van der Waals surface area contributed by atoms with Crippen LogP contribution in [0.5, 0.6) is 11.5 Å². The van der Waals surface area contributed by atoms with Crippen molar-refractivity contribution in [2.45, 2.75) is 6.54 Å². The lowest BCUT2D eigenvalue weighted by Crippen LogP contribution is -2.22. The van der Waals surface area contributed by atoms with Crippen LogP contribution in [-0.4, -0.2) is 37.5 Å². The van der Waals surface area contributed by atoms with E-state index in [-0.39, 0.29) is 18.0 Å². The number of aromatic hydroxyl groups is 1. The monoisotopic (exact) mass is 261 g/mol. The van der Waals surface area contributed by atoms with Crippen LogP contribution >= 0.6 is 0 Å². The van der Waals surface area contributed by atoms with Crippen LogP contribution in [0.3, 0.4) is 0 Å². The molecule has 96 valence electrons. The zero-order chi connectivity index (χ0) is 12.9. The molecule has 3 N–H and O–H groups in total. The molecule has 0 aliphatic heterocycles. The minimum absolute atomic E-state index is 0.0226. The highest BCUT2D eigenvalue weighted by atomic mass is 32.2. The number of benzene rings is 1. The number of phenolic OH excluding ortho intramolecular Hbond substituents is 1. The van der Waals surface area contributed by atoms with Crippen LogP contribution in [0.1, 0.15) is 5.56 Å². The van der Waals surface area contributed by atoms with Gasteiger partial charge in [0.1, 0.15) is 0 Å². The largest absolute Gasteiger partial charge is 0.504 e. The number of methoxy groups -OCH3 is 1. The highest BCUT2D eigenvalue weighted by Crippen LogP contribution is 2.28. The van der Waals surface area contributed by atoms with E-state index in [0.717, 1.165) is 0 Å². The molecule has 1 rings (SSSR count). The van der Waals surface area contributed by atoms with Crippen LogP contribution in [-0.2, 0) is 16.7 Å². The molecule has 0 aromatic heterocycles. The standard InChI is InChI=1S/C10H15NO5S/c1-16-9-4-2-3-8(10(9)12)7-11-5-6-17(13,14)15/h2-4,11-12H,5-7H2,1H3,(H,13,14,15). The van der Waals surface area contributed by atoms with Gasteiger partial charge in [-0.1, -0.05) is 12.1 Å². The Bertz CT molecular complexity index is 472. The summed E-state index contributed by atoms with van der Waals surface area (Å²) in [5, 5.41) is 12.5. The van der Waals surface area contributed by atoms with Crippen LogP contribution < -0.4 is 10.1 Å². The molecule has 0 unspecified atom stereocenters. The fraction of sp³-hybridized carbons (Fsp3) is 0.400. The van der Waals surface area contributed by atoms with Gasteiger partial charge in [0.15, 0.2) is 11.5 Å². The third-order valence-electron chi connectivity index (χ3n) is 2.15. The number of para-hydroxylation sites is 1. The van der Waals surface area contributed by atoms with Crippen molar-refractivity contribution in [3.8, 4) is 11.5 Å². The van der Waals surface area contributed by atoms with E-state index in [1.54, 1.807) is 18.2 Å². The Kier molecular flexibility index (Phi) is 4.73. The first-order valence-electron chi connectivity index (χ1n) is 4.95. The Morgan fingerprint density at radius 3 is 2.71 bits per heavy atom. The van der Waals surface area contributed by atoms with Crippen molar-refractivity contribution < 1.29 is 22.8 Å². The quantitative estimate of drug-likeness (QED) is 0.506. The predicted octanol–water partition coefficient (Wildman–Crippen LogP) is 0.378. The SMILES string of the molecule is COc1cccc(CNCCS(=O)(=O)O)c1O. The van der Waals surface area contributed by atoms with Crippen molar-refractivity contribution in [3.05, 3.63) is 23.8 Å². The van der Waals surface area contributed by atoms with Crippen LogP contribution in [0.25, 0.3) is 0 Å². The zero-order valence-corrected chi connectivity index (χ0v) is 10.2. The summed E-state index contributed by atoms with van der Waals surface area (Å²) in [6.45, 7) is 0.397. The topological polar surface area (TPSA) is 95.9 Å². The summed E-state index contributed by atoms with van der Waals surface area (Å²) >= 11 is 0. The second-order valence-corrected chi connectivity index (χ2v) is 5.00. The number of phenols is 1. The van der Waals surface area contributed by atoms with E-state index in [2.05, 4.69) is 5.32 Å². The predicted molar refractivity (Wildman–Crippen MR) is 62.8 cm³/mol. The maximum absolute atomic E-state index is 10.5. The highest BCUT2D eigenvalue weighted by molar-refractivity contribution is 7.85. The first-order valence-corrected chi connectivity index (χ1v) is 6.55. The maximum Gasteiger partial charge on any atom is 0.266 e. The van der Waals surface area contributed by atoms with Crippen molar-refractivity contribution in [2.24, 2.45) is 0 Å². The maximum atomic E-state index is 10.5. The number of nitrogens with one attached hydrogen (secondary N) is 1. The summed E-state index contributed by atoms with van der Waals surface area (Å²) in [6.07, 6.45) is 0. The zero-order valence-electron chi connectivity index (χ0n) is 9.38. The molecular weight excluding hydrogens is 246 g/mol. The molecule has 0 aliphatic carbocycles. The molecule has 17 heavy (non-hydrogen) atoms. The second kappa shape index (κ2) is 5.85. The van der Waals surface area contributed by atoms with Gasteiger partial charge in [-0.15, -0.1) is 0 Å². The van der Waals surface area contributed by atoms with E-state index in [0.29, 0.717) is 17.9 Å². The van der Waals surface area contributed by atoms with Crippen LogP contribution in [0.2, 0.25) is 0 Å². The van der Waals surface area contributed by atoms with Gasteiger partial charge in [0.05, 0.1) is 12.9 Å². The average molecular weight is 261 g/mol. The molecule has 6 nitrogen and oxygen atoms in total. The third-order valence-corrected chi connectivity index (χ3v) is 2.87. The third kappa shape index (κ3) is 4.59. The van der Waals surface area contributed by atoms with Crippen molar-refractivity contribution in [1.29, 1.82) is 0 Å². The molecule has 0 spiro atoms. The van der Waals surface area contributed by atoms with Gasteiger partial charge >= 0.3 is 0 Å². The van der Waals surface area contributed by atoms with Gasteiger partial charge in [-0.05, 0) is 6.07 Å². The summed E-state index contributed by atoms with van der Waals surface area (Å²) < 4.78 is 34.4. The molecule has 0 bridgehead atoms. The first kappa shape index (κ1) is 13.8. The van der Waals surface area contributed by atoms with E-state index in [9.17, 15) is 13.5 Å². The number of rotatable bonds is 6. The molecular formula is C10H15NO5S. The Morgan fingerprint density at radius 1 is 1.41 bits per heavy atom. The lowest BCUT2D eigenvalue weighted by Gasteiger charge is -2.09. The molecule has 0 saturated carbocycles. The van der Waals surface area contributed by atoms with E-state index in [1.165, 1.54) is 7.11 Å². The first-order chi connectivity index (χ1) is 7.94. The Hall–Kier alpha value is -1.31. The molecule has 0 aliphatic rings. The molecule has 0 atom stereocenters. The molecule has 1 aromatic carbocycles. The molecule has 0 fully saturated rings. The summed E-state index contributed by atoms with van der Waals surface area (Å²) in [5.74, 6) is 0.0194. The summed E-state index contributed by atoms with van der Waals surface area (Å²) in [7, 11) is -2.50. The van der Waals surface area contributed by atoms with E-state index >= 15 is 0 Å². The molecule has 7 heteroatoms. The van der Waals surface area contributed by atoms with Gasteiger partial charge in [0.2, 0.25) is 0 Å². The molecule has 0 saturated heterocycles. The average Bonchev–Trinajstić information content (AvgIpc) is 2.25. The van der Waals surface area contributed by atoms with Crippen molar-refractivity contribution in [3.63, 3.8) is 0 Å². The number of hydrogen-bond acceptors (Lipinski definition) is 5. The normalized spacial score (nSPS) is 11.4. The van der Waals surface area contributed by atoms with Gasteiger partial charge in [0, 0.05) is 18.7 Å². The van der Waals surface area contributed by atoms with E-state index < -0.39 is 10.1 Å². The van der Waals surface area contributed by atoms with Crippen LogP contribution in [0.15, 0.2) is 18.2 Å². The van der Waals surface area contributed by atoms with Crippen molar-refractivity contribution in [2.75, 3.05) is 19.4 Å². The van der Waals surface area contributed by atoms with Crippen molar-refractivity contribution >= 4 is 10.1 Å². The van der Waals surface area contributed by atoms with Gasteiger partial charge < -0.3 is 15.2 Å². The van der Waals surface area contributed by atoms with Crippen molar-refractivity contribution in [1.82, 2.24) is 5.32 Å². The Morgan fingerprint density at radius 2 is 2.12 bits per heavy atom. The molecule has 0 amide bonds. The van der Waals surface area contributed by atoms with Gasteiger partial charge in [0.25, 0.3) is 10.1 Å². The minimum atomic E-state index is -3.95. The summed E-state index contributed by atoms with van der Waals surface area (Å²) in [4.78, 5) is 0. The van der Waals surface area contributed by atoms with Gasteiger partial charge in [-0.25, -0.2) is 0 Å². The summed E-state index contributed by atoms with van der Waals surface area (Å²) in [6, 6.07) is 5.04. The molecule has 1 aromatic rings. The van der Waals surface area contributed by atoms with Crippen LogP contribution in [0.4, 0.5) is 0 Å². The fourth-order valence-electron chi connectivity index (χ4n) is 1.30. The van der Waals surface area contributed by atoms with Gasteiger partial charge in [-0.3, -0.25) is 4.55 Å².